The minimum absolute atomic E-state index is 0.0535. The number of ether oxygens (including phenoxy) is 1. The molecule has 2 aromatic rings. The van der Waals surface area contributed by atoms with E-state index in [0.717, 1.165) is 6.07 Å². The highest BCUT2D eigenvalue weighted by Gasteiger charge is 2.40. The van der Waals surface area contributed by atoms with Crippen LogP contribution in [0.3, 0.4) is 0 Å². The van der Waals surface area contributed by atoms with Crippen LogP contribution < -0.4 is 5.73 Å². The molecule has 1 saturated heterocycles. The number of amides is 1. The molecule has 1 unspecified atom stereocenters. The molecule has 0 spiro atoms. The van der Waals surface area contributed by atoms with E-state index >= 15 is 0 Å². The highest BCUT2D eigenvalue weighted by atomic mass is 79.9. The number of benzene rings is 2. The number of carbonyl (C=O) groups is 1. The van der Waals surface area contributed by atoms with E-state index in [0.29, 0.717) is 17.6 Å². The van der Waals surface area contributed by atoms with Crippen molar-refractivity contribution in [3.8, 4) is 0 Å². The third-order valence-corrected chi connectivity index (χ3v) is 5.41. The standard InChI is InChI=1S/C21H22BrF4NO.CH3NO/c1-20(2,3)27-11-14(12-27)28-19(16-9-8-13(22)10-18(16)23)15-6-4-5-7-17(15)21(24,25)26;2-1-3/h4-10,14,19H,11-12H2,1-3H3;1H,(H2,2,3). The van der Waals surface area contributed by atoms with E-state index in [1.807, 2.05) is 0 Å². The summed E-state index contributed by atoms with van der Waals surface area (Å²) in [7, 11) is 0. The van der Waals surface area contributed by atoms with Gasteiger partial charge in [0.15, 0.2) is 0 Å². The van der Waals surface area contributed by atoms with Crippen LogP contribution in [0.2, 0.25) is 0 Å². The molecule has 3 rings (SSSR count). The van der Waals surface area contributed by atoms with Gasteiger partial charge in [-0.05, 0) is 44.5 Å². The van der Waals surface area contributed by atoms with E-state index < -0.39 is 23.7 Å². The second-order valence-electron chi connectivity index (χ2n) is 8.10. The van der Waals surface area contributed by atoms with Crippen LogP contribution in [0.5, 0.6) is 0 Å². The first kappa shape index (κ1) is 25.3. The summed E-state index contributed by atoms with van der Waals surface area (Å²) in [5, 5.41) is 0. The lowest BCUT2D eigenvalue weighted by Gasteiger charge is -2.48. The first-order valence-corrected chi connectivity index (χ1v) is 10.3. The zero-order valence-electron chi connectivity index (χ0n) is 17.4. The number of nitrogens with zero attached hydrogens (tertiary/aromatic N) is 1. The van der Waals surface area contributed by atoms with Gasteiger partial charge in [0.1, 0.15) is 11.9 Å². The van der Waals surface area contributed by atoms with Gasteiger partial charge in [-0.1, -0.05) is 40.2 Å². The minimum Gasteiger partial charge on any atom is -0.372 e. The van der Waals surface area contributed by atoms with E-state index in [1.165, 1.54) is 30.3 Å². The maximum atomic E-state index is 14.7. The molecule has 1 heterocycles. The largest absolute Gasteiger partial charge is 0.416 e. The van der Waals surface area contributed by atoms with Gasteiger partial charge < -0.3 is 10.5 Å². The van der Waals surface area contributed by atoms with Crippen molar-refractivity contribution in [2.24, 2.45) is 5.73 Å². The Kier molecular flexibility index (Phi) is 8.24. The van der Waals surface area contributed by atoms with Crippen LogP contribution in [0.4, 0.5) is 17.6 Å². The molecule has 0 bridgehead atoms. The normalized spacial score (nSPS) is 16.1. The highest BCUT2D eigenvalue weighted by Crippen LogP contribution is 2.40. The Labute approximate surface area is 187 Å². The zero-order chi connectivity index (χ0) is 23.4. The molecule has 0 radical (unpaired) electrons. The third kappa shape index (κ3) is 6.51. The maximum Gasteiger partial charge on any atom is 0.416 e. The number of primary amides is 1. The van der Waals surface area contributed by atoms with E-state index in [9.17, 15) is 17.6 Å². The molecule has 0 saturated carbocycles. The number of hydrogen-bond acceptors (Lipinski definition) is 3. The predicted octanol–water partition coefficient (Wildman–Crippen LogP) is 5.30. The topological polar surface area (TPSA) is 55.6 Å². The van der Waals surface area contributed by atoms with Crippen molar-refractivity contribution >= 4 is 22.3 Å². The van der Waals surface area contributed by atoms with Crippen molar-refractivity contribution in [1.29, 1.82) is 0 Å². The summed E-state index contributed by atoms with van der Waals surface area (Å²) in [6.45, 7) is 7.37. The summed E-state index contributed by atoms with van der Waals surface area (Å²) in [6, 6.07) is 9.51. The third-order valence-electron chi connectivity index (χ3n) is 4.92. The number of alkyl halides is 3. The monoisotopic (exact) mass is 504 g/mol. The SMILES string of the molecule is CC(C)(C)N1CC(OC(c2ccc(Br)cc2F)c2ccccc2C(F)(F)F)C1.NC=O. The Morgan fingerprint density at radius 3 is 2.23 bits per heavy atom. The minimum atomic E-state index is -4.55. The van der Waals surface area contributed by atoms with Crippen LogP contribution in [0.1, 0.15) is 43.6 Å². The quantitative estimate of drug-likeness (QED) is 0.454. The molecule has 1 fully saturated rings. The molecule has 0 aromatic heterocycles. The first-order valence-electron chi connectivity index (χ1n) is 9.55. The molecular formula is C22H25BrF4N2O2. The van der Waals surface area contributed by atoms with Crippen molar-refractivity contribution in [1.82, 2.24) is 4.90 Å². The molecular weight excluding hydrogens is 480 g/mol. The Balaban J connectivity index is 0.00000107. The van der Waals surface area contributed by atoms with Crippen molar-refractivity contribution in [2.75, 3.05) is 13.1 Å². The van der Waals surface area contributed by atoms with Gasteiger partial charge in [-0.3, -0.25) is 9.69 Å². The molecule has 1 aliphatic heterocycles. The number of halogens is 5. The molecule has 2 aromatic carbocycles. The molecule has 31 heavy (non-hydrogen) atoms. The molecule has 1 aliphatic rings. The number of likely N-dealkylation sites (tertiary alicyclic amines) is 1. The van der Waals surface area contributed by atoms with E-state index in [1.54, 1.807) is 6.07 Å². The molecule has 2 N–H and O–H groups in total. The fourth-order valence-electron chi connectivity index (χ4n) is 3.28. The number of rotatable bonds is 4. The maximum absolute atomic E-state index is 14.7. The summed E-state index contributed by atoms with van der Waals surface area (Å²) in [4.78, 5) is 10.8. The van der Waals surface area contributed by atoms with E-state index in [4.69, 9.17) is 9.53 Å². The fourth-order valence-corrected chi connectivity index (χ4v) is 3.61. The van der Waals surface area contributed by atoms with E-state index in [2.05, 4.69) is 47.3 Å². The van der Waals surface area contributed by atoms with Crippen LogP contribution >= 0.6 is 15.9 Å². The molecule has 1 amide bonds. The smallest absolute Gasteiger partial charge is 0.372 e. The van der Waals surface area contributed by atoms with Gasteiger partial charge in [0.25, 0.3) is 0 Å². The van der Waals surface area contributed by atoms with Crippen molar-refractivity contribution in [2.45, 2.75) is 44.7 Å². The van der Waals surface area contributed by atoms with Gasteiger partial charge in [0.2, 0.25) is 6.41 Å². The summed E-state index contributed by atoms with van der Waals surface area (Å²) in [6.07, 6.45) is -5.72. The Morgan fingerprint density at radius 1 is 1.13 bits per heavy atom. The molecule has 170 valence electrons. The summed E-state index contributed by atoms with van der Waals surface area (Å²) in [5.74, 6) is -0.608. The van der Waals surface area contributed by atoms with Gasteiger partial charge in [0.05, 0.1) is 11.7 Å². The van der Waals surface area contributed by atoms with Crippen LogP contribution in [0.25, 0.3) is 0 Å². The average Bonchev–Trinajstić information content (AvgIpc) is 2.61. The van der Waals surface area contributed by atoms with E-state index in [-0.39, 0.29) is 29.2 Å². The van der Waals surface area contributed by atoms with Gasteiger partial charge in [0, 0.05) is 28.7 Å². The summed E-state index contributed by atoms with van der Waals surface area (Å²) < 4.78 is 61.9. The number of nitrogens with two attached hydrogens (primary N) is 1. The molecule has 4 nitrogen and oxygen atoms in total. The second-order valence-corrected chi connectivity index (χ2v) is 9.02. The first-order chi connectivity index (χ1) is 14.4. The van der Waals surface area contributed by atoms with Crippen LogP contribution in [-0.4, -0.2) is 36.0 Å². The lowest BCUT2D eigenvalue weighted by Crippen LogP contribution is -2.59. The van der Waals surface area contributed by atoms with Gasteiger partial charge in [-0.25, -0.2) is 4.39 Å². The summed E-state index contributed by atoms with van der Waals surface area (Å²) in [5.41, 5.74) is 3.32. The van der Waals surface area contributed by atoms with Gasteiger partial charge in [-0.2, -0.15) is 13.2 Å². The average molecular weight is 505 g/mol. The summed E-state index contributed by atoms with van der Waals surface area (Å²) >= 11 is 3.19. The Bertz CT molecular complexity index is 894. The van der Waals surface area contributed by atoms with Gasteiger partial charge in [-0.15, -0.1) is 0 Å². The van der Waals surface area contributed by atoms with Gasteiger partial charge >= 0.3 is 6.18 Å². The highest BCUT2D eigenvalue weighted by molar-refractivity contribution is 9.10. The second kappa shape index (κ2) is 10.1. The Morgan fingerprint density at radius 2 is 1.71 bits per heavy atom. The van der Waals surface area contributed by atoms with Crippen LogP contribution in [0, 0.1) is 5.82 Å². The molecule has 9 heteroatoms. The van der Waals surface area contributed by atoms with Crippen LogP contribution in [0.15, 0.2) is 46.9 Å². The van der Waals surface area contributed by atoms with Crippen molar-refractivity contribution < 1.29 is 27.1 Å². The lowest BCUT2D eigenvalue weighted by molar-refractivity contribution is -0.142. The number of carbonyl (C=O) groups excluding carboxylic acids is 1. The predicted molar refractivity (Wildman–Crippen MR) is 114 cm³/mol. The number of hydrogen-bond donors (Lipinski definition) is 1. The van der Waals surface area contributed by atoms with Crippen molar-refractivity contribution in [3.63, 3.8) is 0 Å². The molecule has 0 aliphatic carbocycles. The molecule has 1 atom stereocenters. The van der Waals surface area contributed by atoms with Crippen molar-refractivity contribution in [3.05, 3.63) is 69.4 Å². The Hall–Kier alpha value is -1.97. The lowest BCUT2D eigenvalue weighted by atomic mass is 9.94. The zero-order valence-corrected chi connectivity index (χ0v) is 19.0. The van der Waals surface area contributed by atoms with Crippen LogP contribution in [-0.2, 0) is 15.7 Å². The fraction of sp³-hybridized carbons (Fsp3) is 0.409.